The third kappa shape index (κ3) is 2.15. The van der Waals surface area contributed by atoms with Gasteiger partial charge in [-0.25, -0.2) is 0 Å². The zero-order chi connectivity index (χ0) is 8.43. The summed E-state index contributed by atoms with van der Waals surface area (Å²) >= 11 is 0. The zero-order valence-corrected chi connectivity index (χ0v) is 7.20. The van der Waals surface area contributed by atoms with Crippen LogP contribution in [0.5, 0.6) is 0 Å². The van der Waals surface area contributed by atoms with Crippen molar-refractivity contribution in [3.05, 3.63) is 0 Å². The summed E-state index contributed by atoms with van der Waals surface area (Å²) in [6.07, 6.45) is -0.365. The molecule has 0 aromatic heterocycles. The number of piperidine rings is 1. The lowest BCUT2D eigenvalue weighted by Crippen LogP contribution is -2.49. The van der Waals surface area contributed by atoms with Gasteiger partial charge in [0.05, 0.1) is 12.2 Å². The van der Waals surface area contributed by atoms with Crippen molar-refractivity contribution in [3.63, 3.8) is 0 Å². The van der Waals surface area contributed by atoms with E-state index in [4.69, 9.17) is 0 Å². The van der Waals surface area contributed by atoms with Gasteiger partial charge in [0.1, 0.15) is 0 Å². The Hall–Kier alpha value is -0.120. The van der Waals surface area contributed by atoms with E-state index in [2.05, 4.69) is 18.7 Å². The lowest BCUT2D eigenvalue weighted by atomic mass is 10.0. The van der Waals surface area contributed by atoms with E-state index in [9.17, 15) is 10.2 Å². The first-order valence-electron chi connectivity index (χ1n) is 4.21. The zero-order valence-electron chi connectivity index (χ0n) is 7.20. The van der Waals surface area contributed by atoms with E-state index in [1.54, 1.807) is 0 Å². The molecule has 0 aliphatic carbocycles. The summed E-state index contributed by atoms with van der Waals surface area (Å²) in [5.41, 5.74) is 0. The van der Waals surface area contributed by atoms with Crippen molar-refractivity contribution >= 4 is 0 Å². The van der Waals surface area contributed by atoms with Crippen LogP contribution in [0.3, 0.4) is 0 Å². The highest BCUT2D eigenvalue weighted by atomic mass is 16.3. The second kappa shape index (κ2) is 3.52. The van der Waals surface area contributed by atoms with Gasteiger partial charge in [0.25, 0.3) is 0 Å². The van der Waals surface area contributed by atoms with Gasteiger partial charge in [0.2, 0.25) is 0 Å². The molecule has 2 N–H and O–H groups in total. The summed E-state index contributed by atoms with van der Waals surface area (Å²) < 4.78 is 0. The van der Waals surface area contributed by atoms with Crippen LogP contribution in [-0.4, -0.2) is 46.5 Å². The maximum absolute atomic E-state index is 9.31. The van der Waals surface area contributed by atoms with Gasteiger partial charge in [0, 0.05) is 19.1 Å². The summed E-state index contributed by atoms with van der Waals surface area (Å²) in [5.74, 6) is 0. The molecule has 1 aliphatic rings. The van der Waals surface area contributed by atoms with Crippen molar-refractivity contribution in [3.8, 4) is 0 Å². The maximum atomic E-state index is 9.31. The molecule has 1 aliphatic heterocycles. The molecule has 0 amide bonds. The van der Waals surface area contributed by atoms with Gasteiger partial charge in [-0.1, -0.05) is 0 Å². The number of hydrogen-bond donors (Lipinski definition) is 2. The average Bonchev–Trinajstić information content (AvgIpc) is 1.94. The van der Waals surface area contributed by atoms with Crippen LogP contribution < -0.4 is 0 Å². The molecule has 1 heterocycles. The minimum Gasteiger partial charge on any atom is -0.390 e. The predicted octanol–water partition coefficient (Wildman–Crippen LogP) is -0.178. The van der Waals surface area contributed by atoms with Gasteiger partial charge in [-0.05, 0) is 20.3 Å². The SMILES string of the molecule is CC(C)N1CCC(O)C(O)C1. The van der Waals surface area contributed by atoms with Gasteiger partial charge < -0.3 is 10.2 Å². The third-order valence-corrected chi connectivity index (χ3v) is 2.31. The third-order valence-electron chi connectivity index (χ3n) is 2.31. The van der Waals surface area contributed by atoms with E-state index in [1.165, 1.54) is 0 Å². The summed E-state index contributed by atoms with van der Waals surface area (Å²) in [6, 6.07) is 0.470. The van der Waals surface area contributed by atoms with Crippen LogP contribution >= 0.6 is 0 Å². The normalized spacial score (nSPS) is 34.6. The second-order valence-electron chi connectivity index (χ2n) is 3.51. The first kappa shape index (κ1) is 8.97. The Balaban J connectivity index is 2.40. The Kier molecular flexibility index (Phi) is 2.87. The summed E-state index contributed by atoms with van der Waals surface area (Å²) in [5, 5.41) is 18.5. The number of aliphatic hydroxyl groups excluding tert-OH is 2. The van der Waals surface area contributed by atoms with E-state index in [0.29, 0.717) is 19.0 Å². The lowest BCUT2D eigenvalue weighted by Gasteiger charge is -2.35. The number of likely N-dealkylation sites (tertiary alicyclic amines) is 1. The summed E-state index contributed by atoms with van der Waals surface area (Å²) in [7, 11) is 0. The van der Waals surface area contributed by atoms with Crippen LogP contribution in [0.1, 0.15) is 20.3 Å². The first-order valence-corrected chi connectivity index (χ1v) is 4.21. The van der Waals surface area contributed by atoms with E-state index in [-0.39, 0.29) is 0 Å². The molecule has 2 unspecified atom stereocenters. The van der Waals surface area contributed by atoms with Crippen LogP contribution in [0, 0.1) is 0 Å². The molecule has 1 saturated heterocycles. The molecule has 1 rings (SSSR count). The molecule has 0 saturated carbocycles. The molecule has 3 nitrogen and oxygen atoms in total. The smallest absolute Gasteiger partial charge is 0.0926 e. The predicted molar refractivity (Wildman–Crippen MR) is 43.3 cm³/mol. The molecule has 0 aromatic carbocycles. The highest BCUT2D eigenvalue weighted by Crippen LogP contribution is 2.12. The Labute approximate surface area is 67.6 Å². The average molecular weight is 159 g/mol. The first-order chi connectivity index (χ1) is 5.11. The molecular formula is C8H17NO2. The number of aliphatic hydroxyl groups is 2. The number of rotatable bonds is 1. The van der Waals surface area contributed by atoms with Gasteiger partial charge >= 0.3 is 0 Å². The molecule has 0 bridgehead atoms. The monoisotopic (exact) mass is 159 g/mol. The van der Waals surface area contributed by atoms with Crippen LogP contribution in [0.15, 0.2) is 0 Å². The largest absolute Gasteiger partial charge is 0.390 e. The molecule has 11 heavy (non-hydrogen) atoms. The Morgan fingerprint density at radius 2 is 1.91 bits per heavy atom. The van der Waals surface area contributed by atoms with Crippen molar-refractivity contribution in [1.29, 1.82) is 0 Å². The van der Waals surface area contributed by atoms with Crippen molar-refractivity contribution < 1.29 is 10.2 Å². The minimum absolute atomic E-state index is 0.470. The Bertz CT molecular complexity index is 127. The standard InChI is InChI=1S/C8H17NO2/c1-6(2)9-4-3-7(10)8(11)5-9/h6-8,10-11H,3-5H2,1-2H3. The molecule has 66 valence electrons. The van der Waals surface area contributed by atoms with Crippen LogP contribution in [0.4, 0.5) is 0 Å². The van der Waals surface area contributed by atoms with Gasteiger partial charge in [0.15, 0.2) is 0 Å². The van der Waals surface area contributed by atoms with Crippen LogP contribution in [-0.2, 0) is 0 Å². The summed E-state index contributed by atoms with van der Waals surface area (Å²) in [6.45, 7) is 5.71. The molecule has 1 fully saturated rings. The molecular weight excluding hydrogens is 142 g/mol. The molecule has 2 atom stereocenters. The summed E-state index contributed by atoms with van der Waals surface area (Å²) in [4.78, 5) is 2.18. The topological polar surface area (TPSA) is 43.7 Å². The molecule has 0 spiro atoms. The van der Waals surface area contributed by atoms with Crippen molar-refractivity contribution in [2.75, 3.05) is 13.1 Å². The van der Waals surface area contributed by atoms with Crippen LogP contribution in [0.25, 0.3) is 0 Å². The quantitative estimate of drug-likeness (QED) is 0.558. The Morgan fingerprint density at radius 1 is 1.27 bits per heavy atom. The van der Waals surface area contributed by atoms with Gasteiger partial charge in [-0.2, -0.15) is 0 Å². The van der Waals surface area contributed by atoms with E-state index in [1.807, 2.05) is 0 Å². The van der Waals surface area contributed by atoms with Crippen molar-refractivity contribution in [2.45, 2.75) is 38.5 Å². The number of β-amino-alcohol motifs (C(OH)–C–C–N with tert-alkyl or cyclic N) is 1. The molecule has 0 radical (unpaired) electrons. The van der Waals surface area contributed by atoms with Crippen LogP contribution in [0.2, 0.25) is 0 Å². The second-order valence-corrected chi connectivity index (χ2v) is 3.51. The van der Waals surface area contributed by atoms with Gasteiger partial charge in [-0.15, -0.1) is 0 Å². The number of hydrogen-bond acceptors (Lipinski definition) is 3. The van der Waals surface area contributed by atoms with Crippen molar-refractivity contribution in [2.24, 2.45) is 0 Å². The highest BCUT2D eigenvalue weighted by Gasteiger charge is 2.26. The fraction of sp³-hybridized carbons (Fsp3) is 1.00. The fourth-order valence-corrected chi connectivity index (χ4v) is 1.41. The lowest BCUT2D eigenvalue weighted by molar-refractivity contribution is -0.0456. The van der Waals surface area contributed by atoms with E-state index >= 15 is 0 Å². The number of nitrogens with zero attached hydrogens (tertiary/aromatic N) is 1. The van der Waals surface area contributed by atoms with Gasteiger partial charge in [-0.3, -0.25) is 4.90 Å². The fourth-order valence-electron chi connectivity index (χ4n) is 1.41. The maximum Gasteiger partial charge on any atom is 0.0926 e. The highest BCUT2D eigenvalue weighted by molar-refractivity contribution is 4.80. The Morgan fingerprint density at radius 3 is 2.36 bits per heavy atom. The van der Waals surface area contributed by atoms with Crippen molar-refractivity contribution in [1.82, 2.24) is 4.90 Å². The van der Waals surface area contributed by atoms with E-state index < -0.39 is 12.2 Å². The molecule has 0 aromatic rings. The molecule has 3 heteroatoms. The van der Waals surface area contributed by atoms with E-state index in [0.717, 1.165) is 6.54 Å². The minimum atomic E-state index is -0.550.